The molecule has 1 fully saturated rings. The van der Waals surface area contributed by atoms with Gasteiger partial charge in [-0.1, -0.05) is 35.7 Å². The van der Waals surface area contributed by atoms with Gasteiger partial charge in [-0.3, -0.25) is 4.79 Å². The number of benzene rings is 1. The highest BCUT2D eigenvalue weighted by atomic mass is 79.9. The van der Waals surface area contributed by atoms with Crippen molar-refractivity contribution < 1.29 is 4.42 Å². The van der Waals surface area contributed by atoms with Gasteiger partial charge in [-0.2, -0.15) is 0 Å². The zero-order valence-corrected chi connectivity index (χ0v) is 14.5. The van der Waals surface area contributed by atoms with Crippen LogP contribution in [-0.4, -0.2) is 6.54 Å². The van der Waals surface area contributed by atoms with Crippen molar-refractivity contribution in [3.63, 3.8) is 0 Å². The van der Waals surface area contributed by atoms with Gasteiger partial charge < -0.3 is 9.73 Å². The molecule has 118 valence electrons. The summed E-state index contributed by atoms with van der Waals surface area (Å²) in [5, 5.41) is 4.07. The molecule has 0 saturated heterocycles. The topological polar surface area (TPSA) is 42.2 Å². The van der Waals surface area contributed by atoms with Crippen molar-refractivity contribution in [3.05, 3.63) is 44.7 Å². The lowest BCUT2D eigenvalue weighted by atomic mass is 9.83. The molecule has 0 bridgehead atoms. The molecule has 1 saturated carbocycles. The van der Waals surface area contributed by atoms with Crippen LogP contribution in [0.1, 0.15) is 38.2 Å². The van der Waals surface area contributed by atoms with E-state index < -0.39 is 0 Å². The number of nitrogens with one attached hydrogen (secondary N) is 1. The van der Waals surface area contributed by atoms with E-state index in [-0.39, 0.29) is 5.43 Å². The highest BCUT2D eigenvalue weighted by Crippen LogP contribution is 2.27. The zero-order chi connectivity index (χ0) is 15.5. The lowest BCUT2D eigenvalue weighted by Crippen LogP contribution is -2.27. The van der Waals surface area contributed by atoms with Crippen molar-refractivity contribution in [1.29, 1.82) is 0 Å². The fourth-order valence-corrected chi connectivity index (χ4v) is 3.57. The Kier molecular flexibility index (Phi) is 4.99. The quantitative estimate of drug-likeness (QED) is 0.870. The molecule has 0 unspecified atom stereocenters. The van der Waals surface area contributed by atoms with Gasteiger partial charge in [0.25, 0.3) is 0 Å². The van der Waals surface area contributed by atoms with Crippen molar-refractivity contribution in [2.45, 2.75) is 39.2 Å². The van der Waals surface area contributed by atoms with Crippen molar-refractivity contribution in [2.24, 2.45) is 11.8 Å². The van der Waals surface area contributed by atoms with E-state index >= 15 is 0 Å². The van der Waals surface area contributed by atoms with E-state index in [1.807, 2.05) is 18.2 Å². The summed E-state index contributed by atoms with van der Waals surface area (Å²) in [5.74, 6) is 1.63. The molecule has 3 nitrogen and oxygen atoms in total. The molecule has 0 atom stereocenters. The minimum absolute atomic E-state index is 0.0623. The van der Waals surface area contributed by atoms with Crippen LogP contribution in [0.3, 0.4) is 0 Å². The second-order valence-electron chi connectivity index (χ2n) is 6.49. The summed E-state index contributed by atoms with van der Waals surface area (Å²) in [6, 6.07) is 5.53. The van der Waals surface area contributed by atoms with Gasteiger partial charge in [-0.15, -0.1) is 0 Å². The zero-order valence-electron chi connectivity index (χ0n) is 12.9. The summed E-state index contributed by atoms with van der Waals surface area (Å²) in [7, 11) is 0. The SMILES string of the molecule is CC1CCC(CNCc2coc3ccc(Br)cc3c2=O)CC1. The van der Waals surface area contributed by atoms with Gasteiger partial charge in [0, 0.05) is 16.6 Å². The van der Waals surface area contributed by atoms with Crippen LogP contribution in [0.4, 0.5) is 0 Å². The number of rotatable bonds is 4. The molecule has 0 amide bonds. The fourth-order valence-electron chi connectivity index (χ4n) is 3.21. The van der Waals surface area contributed by atoms with Crippen molar-refractivity contribution in [3.8, 4) is 0 Å². The molecular formula is C18H22BrNO2. The lowest BCUT2D eigenvalue weighted by molar-refractivity contribution is 0.281. The maximum absolute atomic E-state index is 12.5. The minimum atomic E-state index is 0.0623. The van der Waals surface area contributed by atoms with Crippen LogP contribution >= 0.6 is 15.9 Å². The monoisotopic (exact) mass is 363 g/mol. The predicted octanol–water partition coefficient (Wildman–Crippen LogP) is 4.47. The first-order chi connectivity index (χ1) is 10.6. The molecule has 22 heavy (non-hydrogen) atoms. The van der Waals surface area contributed by atoms with Crippen molar-refractivity contribution in [1.82, 2.24) is 5.32 Å². The first-order valence-electron chi connectivity index (χ1n) is 8.04. The second kappa shape index (κ2) is 6.97. The first-order valence-corrected chi connectivity index (χ1v) is 8.83. The summed E-state index contributed by atoms with van der Waals surface area (Å²) in [4.78, 5) is 12.5. The van der Waals surface area contributed by atoms with Gasteiger partial charge in [-0.25, -0.2) is 0 Å². The number of hydrogen-bond acceptors (Lipinski definition) is 3. The summed E-state index contributed by atoms with van der Waals surface area (Å²) in [6.07, 6.45) is 6.85. The molecule has 1 aliphatic carbocycles. The van der Waals surface area contributed by atoms with E-state index in [0.717, 1.165) is 22.9 Å². The average molecular weight is 364 g/mol. The van der Waals surface area contributed by atoms with Crippen LogP contribution in [0.2, 0.25) is 0 Å². The van der Waals surface area contributed by atoms with Gasteiger partial charge in [0.2, 0.25) is 0 Å². The van der Waals surface area contributed by atoms with E-state index in [9.17, 15) is 4.79 Å². The Hall–Kier alpha value is -1.13. The number of fused-ring (bicyclic) bond motifs is 1. The summed E-state index contributed by atoms with van der Waals surface area (Å²) < 4.78 is 6.47. The summed E-state index contributed by atoms with van der Waals surface area (Å²) in [5.41, 5.74) is 1.40. The van der Waals surface area contributed by atoms with Gasteiger partial charge in [-0.05, 0) is 49.4 Å². The molecule has 4 heteroatoms. The molecule has 0 aliphatic heterocycles. The van der Waals surface area contributed by atoms with E-state index in [0.29, 0.717) is 23.1 Å². The smallest absolute Gasteiger partial charge is 0.197 e. The fraction of sp³-hybridized carbons (Fsp3) is 0.500. The van der Waals surface area contributed by atoms with E-state index in [2.05, 4.69) is 28.2 Å². The largest absolute Gasteiger partial charge is 0.464 e. The van der Waals surface area contributed by atoms with Gasteiger partial charge in [0.15, 0.2) is 5.43 Å². The van der Waals surface area contributed by atoms with Crippen LogP contribution in [0.15, 0.2) is 38.1 Å². The Balaban J connectivity index is 1.64. The third kappa shape index (κ3) is 3.61. The van der Waals surface area contributed by atoms with Crippen LogP contribution < -0.4 is 10.7 Å². The van der Waals surface area contributed by atoms with Gasteiger partial charge in [0.05, 0.1) is 11.6 Å². The van der Waals surface area contributed by atoms with Crippen LogP contribution in [0.5, 0.6) is 0 Å². The van der Waals surface area contributed by atoms with Crippen molar-refractivity contribution in [2.75, 3.05) is 6.54 Å². The Morgan fingerprint density at radius 3 is 2.82 bits per heavy atom. The van der Waals surface area contributed by atoms with Crippen LogP contribution in [0, 0.1) is 11.8 Å². The summed E-state index contributed by atoms with van der Waals surface area (Å²) >= 11 is 3.40. The average Bonchev–Trinajstić information content (AvgIpc) is 2.52. The Bertz CT molecular complexity index is 702. The highest BCUT2D eigenvalue weighted by Gasteiger charge is 2.17. The Morgan fingerprint density at radius 2 is 2.05 bits per heavy atom. The molecule has 3 rings (SSSR count). The third-order valence-electron chi connectivity index (χ3n) is 4.69. The van der Waals surface area contributed by atoms with E-state index in [1.165, 1.54) is 25.7 Å². The Labute approximate surface area is 139 Å². The molecular weight excluding hydrogens is 342 g/mol. The van der Waals surface area contributed by atoms with Crippen molar-refractivity contribution >= 4 is 26.9 Å². The van der Waals surface area contributed by atoms with E-state index in [4.69, 9.17) is 4.42 Å². The molecule has 1 heterocycles. The highest BCUT2D eigenvalue weighted by molar-refractivity contribution is 9.10. The van der Waals surface area contributed by atoms with Gasteiger partial charge in [0.1, 0.15) is 5.58 Å². The summed E-state index contributed by atoms with van der Waals surface area (Å²) in [6.45, 7) is 3.90. The number of hydrogen-bond donors (Lipinski definition) is 1. The van der Waals surface area contributed by atoms with Gasteiger partial charge >= 0.3 is 0 Å². The minimum Gasteiger partial charge on any atom is -0.464 e. The maximum atomic E-state index is 12.5. The molecule has 2 aromatic rings. The molecule has 1 N–H and O–H groups in total. The van der Waals surface area contributed by atoms with E-state index in [1.54, 1.807) is 6.26 Å². The molecule has 0 spiro atoms. The molecule has 1 aliphatic rings. The van der Waals surface area contributed by atoms with Crippen LogP contribution in [-0.2, 0) is 6.54 Å². The Morgan fingerprint density at radius 1 is 1.27 bits per heavy atom. The second-order valence-corrected chi connectivity index (χ2v) is 7.40. The normalized spacial score (nSPS) is 22.1. The maximum Gasteiger partial charge on any atom is 0.197 e. The molecule has 1 aromatic heterocycles. The first kappa shape index (κ1) is 15.8. The lowest BCUT2D eigenvalue weighted by Gasteiger charge is -2.26. The predicted molar refractivity (Wildman–Crippen MR) is 93.0 cm³/mol. The van der Waals surface area contributed by atoms with Crippen LogP contribution in [0.25, 0.3) is 11.0 Å². The molecule has 0 radical (unpaired) electrons. The molecule has 1 aromatic carbocycles. The number of halogens is 1. The standard InChI is InChI=1S/C18H22BrNO2/c1-12-2-4-13(5-3-12)9-20-10-14-11-22-17-7-6-15(19)8-16(17)18(14)21/h6-8,11-13,20H,2-5,9-10H2,1H3. The third-order valence-corrected chi connectivity index (χ3v) is 5.18.